The Morgan fingerprint density at radius 3 is 2.69 bits per heavy atom. The number of phenolic OH excluding ortho intramolecular Hbond substituents is 1. The van der Waals surface area contributed by atoms with E-state index in [0.29, 0.717) is 13.1 Å². The second kappa shape index (κ2) is 4.76. The Kier molecular flexibility index (Phi) is 3.16. The molecule has 2 rings (SSSR count). The zero-order valence-electron chi connectivity index (χ0n) is 8.87. The van der Waals surface area contributed by atoms with Gasteiger partial charge in [-0.15, -0.1) is 5.10 Å². The molecule has 1 aromatic heterocycles. The van der Waals surface area contributed by atoms with Gasteiger partial charge < -0.3 is 10.8 Å². The fraction of sp³-hybridized carbons (Fsp3) is 0.273. The first-order valence-corrected chi connectivity index (χ1v) is 5.15. The molecule has 84 valence electrons. The van der Waals surface area contributed by atoms with E-state index in [1.807, 2.05) is 18.3 Å². The molecule has 0 saturated heterocycles. The van der Waals surface area contributed by atoms with Crippen molar-refractivity contribution in [2.45, 2.75) is 13.0 Å². The van der Waals surface area contributed by atoms with Gasteiger partial charge in [0, 0.05) is 12.6 Å². The Hall–Kier alpha value is -1.88. The van der Waals surface area contributed by atoms with Gasteiger partial charge in [-0.25, -0.2) is 4.68 Å². The summed E-state index contributed by atoms with van der Waals surface area (Å²) in [6, 6.07) is 7.04. The second-order valence-electron chi connectivity index (χ2n) is 3.61. The number of phenols is 1. The van der Waals surface area contributed by atoms with Crippen LogP contribution in [0.1, 0.15) is 11.3 Å². The van der Waals surface area contributed by atoms with Gasteiger partial charge in [-0.3, -0.25) is 0 Å². The maximum absolute atomic E-state index is 9.15. The molecule has 0 aliphatic rings. The highest BCUT2D eigenvalue weighted by atomic mass is 16.3. The van der Waals surface area contributed by atoms with E-state index >= 15 is 0 Å². The maximum atomic E-state index is 9.15. The van der Waals surface area contributed by atoms with Gasteiger partial charge in [-0.05, 0) is 24.2 Å². The van der Waals surface area contributed by atoms with Gasteiger partial charge in [-0.1, -0.05) is 17.3 Å². The first-order chi connectivity index (χ1) is 7.78. The van der Waals surface area contributed by atoms with Gasteiger partial charge in [0.1, 0.15) is 5.75 Å². The van der Waals surface area contributed by atoms with Crippen LogP contribution in [-0.2, 0) is 13.0 Å². The molecule has 5 nitrogen and oxygen atoms in total. The molecular weight excluding hydrogens is 204 g/mol. The fourth-order valence-corrected chi connectivity index (χ4v) is 1.47. The van der Waals surface area contributed by atoms with Crippen LogP contribution in [-0.4, -0.2) is 26.6 Å². The van der Waals surface area contributed by atoms with Crippen LogP contribution < -0.4 is 5.73 Å². The monoisotopic (exact) mass is 218 g/mol. The summed E-state index contributed by atoms with van der Waals surface area (Å²) in [6.07, 6.45) is 2.63. The number of rotatable bonds is 4. The SMILES string of the molecule is NCCc1cn(Cc2ccc(O)cc2)nn1. The normalized spacial score (nSPS) is 10.6. The van der Waals surface area contributed by atoms with Crippen LogP contribution in [0.3, 0.4) is 0 Å². The van der Waals surface area contributed by atoms with Crippen LogP contribution in [0.2, 0.25) is 0 Å². The molecule has 0 bridgehead atoms. The van der Waals surface area contributed by atoms with Crippen molar-refractivity contribution in [1.82, 2.24) is 15.0 Å². The Morgan fingerprint density at radius 1 is 1.25 bits per heavy atom. The Bertz CT molecular complexity index is 449. The standard InChI is InChI=1S/C11H14N4O/c12-6-5-10-8-15(14-13-10)7-9-1-3-11(16)4-2-9/h1-4,8,16H,5-7,12H2. The molecule has 0 amide bonds. The lowest BCUT2D eigenvalue weighted by Crippen LogP contribution is -2.02. The van der Waals surface area contributed by atoms with Gasteiger partial charge in [0.2, 0.25) is 0 Å². The summed E-state index contributed by atoms with van der Waals surface area (Å²) in [7, 11) is 0. The first-order valence-electron chi connectivity index (χ1n) is 5.15. The lowest BCUT2D eigenvalue weighted by atomic mass is 10.2. The zero-order chi connectivity index (χ0) is 11.4. The average molecular weight is 218 g/mol. The molecule has 1 aromatic carbocycles. The summed E-state index contributed by atoms with van der Waals surface area (Å²) in [5, 5.41) is 17.2. The largest absolute Gasteiger partial charge is 0.508 e. The molecule has 3 N–H and O–H groups in total. The Labute approximate surface area is 93.5 Å². The summed E-state index contributed by atoms with van der Waals surface area (Å²) in [5.41, 5.74) is 7.41. The van der Waals surface area contributed by atoms with Crippen molar-refractivity contribution in [2.75, 3.05) is 6.54 Å². The minimum Gasteiger partial charge on any atom is -0.508 e. The van der Waals surface area contributed by atoms with E-state index in [4.69, 9.17) is 10.8 Å². The average Bonchev–Trinajstić information content (AvgIpc) is 2.70. The highest BCUT2D eigenvalue weighted by Gasteiger charge is 2.00. The number of nitrogens with two attached hydrogens (primary N) is 1. The Morgan fingerprint density at radius 2 is 2.00 bits per heavy atom. The van der Waals surface area contributed by atoms with Crippen molar-refractivity contribution in [2.24, 2.45) is 5.73 Å². The summed E-state index contributed by atoms with van der Waals surface area (Å²) in [4.78, 5) is 0. The number of benzene rings is 1. The van der Waals surface area contributed by atoms with Crippen LogP contribution in [0.15, 0.2) is 30.5 Å². The van der Waals surface area contributed by atoms with Crippen molar-refractivity contribution in [3.63, 3.8) is 0 Å². The molecule has 0 atom stereocenters. The minimum atomic E-state index is 0.270. The second-order valence-corrected chi connectivity index (χ2v) is 3.61. The van der Waals surface area contributed by atoms with E-state index in [1.165, 1.54) is 0 Å². The smallest absolute Gasteiger partial charge is 0.115 e. The quantitative estimate of drug-likeness (QED) is 0.785. The highest BCUT2D eigenvalue weighted by molar-refractivity contribution is 5.25. The van der Waals surface area contributed by atoms with E-state index < -0.39 is 0 Å². The molecule has 0 unspecified atom stereocenters. The van der Waals surface area contributed by atoms with E-state index in [1.54, 1.807) is 16.8 Å². The molecule has 0 aliphatic carbocycles. The molecule has 5 heteroatoms. The molecule has 0 aliphatic heterocycles. The lowest BCUT2D eigenvalue weighted by molar-refractivity contribution is 0.475. The fourth-order valence-electron chi connectivity index (χ4n) is 1.47. The predicted octanol–water partition coefficient (Wildman–Crippen LogP) is 0.533. The van der Waals surface area contributed by atoms with Crippen LogP contribution in [0, 0.1) is 0 Å². The summed E-state index contributed by atoms with van der Waals surface area (Å²) in [6.45, 7) is 1.23. The number of aromatic nitrogens is 3. The Balaban J connectivity index is 2.05. The maximum Gasteiger partial charge on any atom is 0.115 e. The minimum absolute atomic E-state index is 0.270. The van der Waals surface area contributed by atoms with E-state index in [9.17, 15) is 0 Å². The zero-order valence-corrected chi connectivity index (χ0v) is 8.87. The van der Waals surface area contributed by atoms with Gasteiger partial charge >= 0.3 is 0 Å². The van der Waals surface area contributed by atoms with Crippen LogP contribution >= 0.6 is 0 Å². The third kappa shape index (κ3) is 2.58. The predicted molar refractivity (Wildman–Crippen MR) is 60.0 cm³/mol. The topological polar surface area (TPSA) is 77.0 Å². The molecule has 0 spiro atoms. The van der Waals surface area contributed by atoms with E-state index in [0.717, 1.165) is 17.7 Å². The van der Waals surface area contributed by atoms with Crippen molar-refractivity contribution in [3.8, 4) is 5.75 Å². The highest BCUT2D eigenvalue weighted by Crippen LogP contribution is 2.10. The summed E-state index contributed by atoms with van der Waals surface area (Å²) < 4.78 is 1.76. The third-order valence-corrected chi connectivity index (χ3v) is 2.27. The molecule has 0 saturated carbocycles. The molecule has 1 heterocycles. The van der Waals surface area contributed by atoms with Gasteiger partial charge in [0.15, 0.2) is 0 Å². The lowest BCUT2D eigenvalue weighted by Gasteiger charge is -2.00. The number of hydrogen-bond acceptors (Lipinski definition) is 4. The van der Waals surface area contributed by atoms with Gasteiger partial charge in [0.05, 0.1) is 12.2 Å². The van der Waals surface area contributed by atoms with Crippen LogP contribution in [0.4, 0.5) is 0 Å². The molecular formula is C11H14N4O. The van der Waals surface area contributed by atoms with Gasteiger partial charge in [0.25, 0.3) is 0 Å². The van der Waals surface area contributed by atoms with Gasteiger partial charge in [-0.2, -0.15) is 0 Å². The molecule has 16 heavy (non-hydrogen) atoms. The van der Waals surface area contributed by atoms with Crippen molar-refractivity contribution >= 4 is 0 Å². The third-order valence-electron chi connectivity index (χ3n) is 2.27. The number of nitrogens with zero attached hydrogens (tertiary/aromatic N) is 3. The van der Waals surface area contributed by atoms with Crippen LogP contribution in [0.5, 0.6) is 5.75 Å². The summed E-state index contributed by atoms with van der Waals surface area (Å²) in [5.74, 6) is 0.270. The van der Waals surface area contributed by atoms with Crippen LogP contribution in [0.25, 0.3) is 0 Å². The molecule has 0 fully saturated rings. The number of aromatic hydroxyl groups is 1. The molecule has 0 radical (unpaired) electrons. The first kappa shape index (κ1) is 10.6. The van der Waals surface area contributed by atoms with Crippen molar-refractivity contribution in [3.05, 3.63) is 41.7 Å². The summed E-state index contributed by atoms with van der Waals surface area (Å²) >= 11 is 0. The van der Waals surface area contributed by atoms with E-state index in [-0.39, 0.29) is 5.75 Å². The molecule has 2 aromatic rings. The van der Waals surface area contributed by atoms with Crippen molar-refractivity contribution < 1.29 is 5.11 Å². The number of hydrogen-bond donors (Lipinski definition) is 2. The van der Waals surface area contributed by atoms with E-state index in [2.05, 4.69) is 10.3 Å². The van der Waals surface area contributed by atoms with Crippen molar-refractivity contribution in [1.29, 1.82) is 0 Å².